The molecule has 2 N–H and O–H groups in total. The Balaban J connectivity index is 1.82. The molecular formula is C22H21FN4O. The third-order valence-corrected chi connectivity index (χ3v) is 4.21. The van der Waals surface area contributed by atoms with Crippen molar-refractivity contribution < 1.29 is 9.18 Å². The van der Waals surface area contributed by atoms with Crippen molar-refractivity contribution in [2.75, 3.05) is 5.32 Å². The minimum Gasteiger partial charge on any atom is -0.326 e. The van der Waals surface area contributed by atoms with Gasteiger partial charge in [0.1, 0.15) is 5.82 Å². The molecule has 0 atom stereocenters. The van der Waals surface area contributed by atoms with Crippen LogP contribution in [0.2, 0.25) is 0 Å². The Kier molecular flexibility index (Phi) is 6.11. The Labute approximate surface area is 163 Å². The van der Waals surface area contributed by atoms with E-state index in [0.29, 0.717) is 11.3 Å². The van der Waals surface area contributed by atoms with Crippen LogP contribution in [0.1, 0.15) is 27.2 Å². The normalized spacial score (nSPS) is 11.2. The molecule has 3 rings (SSSR count). The van der Waals surface area contributed by atoms with Gasteiger partial charge < -0.3 is 5.32 Å². The maximum Gasteiger partial charge on any atom is 0.257 e. The molecule has 28 heavy (non-hydrogen) atoms. The highest BCUT2D eigenvalue weighted by Crippen LogP contribution is 2.11. The Morgan fingerprint density at radius 2 is 1.89 bits per heavy atom. The zero-order chi connectivity index (χ0) is 19.9. The predicted octanol–water partition coefficient (Wildman–Crippen LogP) is 4.24. The van der Waals surface area contributed by atoms with Crippen molar-refractivity contribution in [3.63, 3.8) is 0 Å². The first-order valence-electron chi connectivity index (χ1n) is 8.87. The van der Waals surface area contributed by atoms with Crippen molar-refractivity contribution in [2.45, 2.75) is 20.4 Å². The van der Waals surface area contributed by atoms with Crippen molar-refractivity contribution in [1.82, 2.24) is 10.3 Å². The highest BCUT2D eigenvalue weighted by molar-refractivity contribution is 6.10. The third-order valence-electron chi connectivity index (χ3n) is 4.21. The van der Waals surface area contributed by atoms with Crippen molar-refractivity contribution in [3.8, 4) is 0 Å². The maximum atomic E-state index is 13.5. The topological polar surface area (TPSA) is 66.4 Å². The van der Waals surface area contributed by atoms with E-state index in [2.05, 4.69) is 20.6 Å². The van der Waals surface area contributed by atoms with E-state index in [0.717, 1.165) is 16.8 Å². The van der Waals surface area contributed by atoms with Crippen LogP contribution in [0.3, 0.4) is 0 Å². The Bertz CT molecular complexity index is 1000. The summed E-state index contributed by atoms with van der Waals surface area (Å²) in [5, 5.41) is 5.73. The molecule has 1 heterocycles. The summed E-state index contributed by atoms with van der Waals surface area (Å²) < 4.78 is 13.5. The lowest BCUT2D eigenvalue weighted by Crippen LogP contribution is -2.36. The first kappa shape index (κ1) is 19.2. The van der Waals surface area contributed by atoms with Crippen LogP contribution in [0, 0.1) is 19.7 Å². The van der Waals surface area contributed by atoms with Gasteiger partial charge in [-0.3, -0.25) is 15.1 Å². The number of pyridine rings is 1. The highest BCUT2D eigenvalue weighted by atomic mass is 19.1. The maximum absolute atomic E-state index is 13.5. The van der Waals surface area contributed by atoms with Gasteiger partial charge in [-0.25, -0.2) is 9.38 Å². The summed E-state index contributed by atoms with van der Waals surface area (Å²) in [6, 6.07) is 17.0. The van der Waals surface area contributed by atoms with Crippen LogP contribution < -0.4 is 10.6 Å². The SMILES string of the molecule is Cc1ccc(C(=O)NC(=NCc2ccccn2)Nc2cccc(F)c2)cc1C. The van der Waals surface area contributed by atoms with Crippen LogP contribution >= 0.6 is 0 Å². The number of anilines is 1. The number of amides is 1. The smallest absolute Gasteiger partial charge is 0.257 e. The average Bonchev–Trinajstić information content (AvgIpc) is 2.69. The number of nitrogens with one attached hydrogen (secondary N) is 2. The molecule has 0 unspecified atom stereocenters. The van der Waals surface area contributed by atoms with Gasteiger partial charge in [-0.1, -0.05) is 18.2 Å². The summed E-state index contributed by atoms with van der Waals surface area (Å²) >= 11 is 0. The molecule has 0 fully saturated rings. The number of aryl methyl sites for hydroxylation is 2. The van der Waals surface area contributed by atoms with Crippen LogP contribution in [-0.2, 0) is 6.54 Å². The van der Waals surface area contributed by atoms with E-state index in [-0.39, 0.29) is 24.2 Å². The average molecular weight is 376 g/mol. The molecule has 1 amide bonds. The summed E-state index contributed by atoms with van der Waals surface area (Å²) in [6.45, 7) is 4.21. The fourth-order valence-electron chi connectivity index (χ4n) is 2.53. The van der Waals surface area contributed by atoms with Gasteiger partial charge in [-0.05, 0) is 67.4 Å². The number of halogens is 1. The predicted molar refractivity (Wildman–Crippen MR) is 109 cm³/mol. The van der Waals surface area contributed by atoms with Crippen molar-refractivity contribution in [1.29, 1.82) is 0 Å². The van der Waals surface area contributed by atoms with Crippen LogP contribution in [0.5, 0.6) is 0 Å². The molecule has 0 saturated carbocycles. The number of aliphatic imine (C=N–C) groups is 1. The van der Waals surface area contributed by atoms with Crippen molar-refractivity contribution in [2.24, 2.45) is 4.99 Å². The molecule has 0 radical (unpaired) electrons. The molecular weight excluding hydrogens is 355 g/mol. The molecule has 0 aliphatic rings. The number of carbonyl (C=O) groups excluding carboxylic acids is 1. The Morgan fingerprint density at radius 3 is 2.61 bits per heavy atom. The number of hydrogen-bond donors (Lipinski definition) is 2. The van der Waals surface area contributed by atoms with Crippen LogP contribution in [-0.4, -0.2) is 16.9 Å². The number of hydrogen-bond acceptors (Lipinski definition) is 3. The number of rotatable bonds is 4. The zero-order valence-corrected chi connectivity index (χ0v) is 15.7. The molecule has 0 aliphatic carbocycles. The lowest BCUT2D eigenvalue weighted by atomic mass is 10.1. The first-order valence-corrected chi connectivity index (χ1v) is 8.87. The standard InChI is InChI=1S/C22H21FN4O/c1-15-9-10-17(12-16(15)2)21(28)27-22(25-14-20-7-3-4-11-24-20)26-19-8-5-6-18(23)13-19/h3-13H,14H2,1-2H3,(H2,25,26,27,28). The number of carbonyl (C=O) groups is 1. The number of guanidine groups is 1. The quantitative estimate of drug-likeness (QED) is 0.529. The van der Waals surface area contributed by atoms with Gasteiger partial charge >= 0.3 is 0 Å². The van der Waals surface area contributed by atoms with Crippen molar-refractivity contribution in [3.05, 3.63) is 95.1 Å². The van der Waals surface area contributed by atoms with Gasteiger partial charge in [0.05, 0.1) is 12.2 Å². The first-order chi connectivity index (χ1) is 13.5. The summed E-state index contributed by atoms with van der Waals surface area (Å²) in [4.78, 5) is 21.3. The second-order valence-corrected chi connectivity index (χ2v) is 6.37. The summed E-state index contributed by atoms with van der Waals surface area (Å²) in [6.07, 6.45) is 1.68. The van der Waals surface area contributed by atoms with E-state index in [1.165, 1.54) is 12.1 Å². The van der Waals surface area contributed by atoms with E-state index in [9.17, 15) is 9.18 Å². The molecule has 2 aromatic carbocycles. The Morgan fingerprint density at radius 1 is 1.04 bits per heavy atom. The van der Waals surface area contributed by atoms with Crippen LogP contribution in [0.15, 0.2) is 71.9 Å². The lowest BCUT2D eigenvalue weighted by molar-refractivity contribution is 0.0977. The van der Waals surface area contributed by atoms with Gasteiger partial charge in [0, 0.05) is 17.4 Å². The minimum absolute atomic E-state index is 0.222. The van der Waals surface area contributed by atoms with Gasteiger partial charge in [-0.15, -0.1) is 0 Å². The van der Waals surface area contributed by atoms with E-state index < -0.39 is 0 Å². The fraction of sp³-hybridized carbons (Fsp3) is 0.136. The largest absolute Gasteiger partial charge is 0.326 e. The van der Waals surface area contributed by atoms with E-state index in [1.54, 1.807) is 24.4 Å². The van der Waals surface area contributed by atoms with Gasteiger partial charge in [-0.2, -0.15) is 0 Å². The van der Waals surface area contributed by atoms with Crippen LogP contribution in [0.25, 0.3) is 0 Å². The van der Waals surface area contributed by atoms with Gasteiger partial charge in [0.15, 0.2) is 0 Å². The van der Waals surface area contributed by atoms with Crippen molar-refractivity contribution >= 4 is 17.6 Å². The van der Waals surface area contributed by atoms with Gasteiger partial charge in [0.25, 0.3) is 5.91 Å². The lowest BCUT2D eigenvalue weighted by Gasteiger charge is -2.12. The highest BCUT2D eigenvalue weighted by Gasteiger charge is 2.11. The third kappa shape index (κ3) is 5.23. The summed E-state index contributed by atoms with van der Waals surface area (Å²) in [5.74, 6) is -0.458. The summed E-state index contributed by atoms with van der Waals surface area (Å²) in [5.41, 5.74) is 3.90. The number of aromatic nitrogens is 1. The van der Waals surface area contributed by atoms with E-state index in [4.69, 9.17) is 0 Å². The Hall–Kier alpha value is -3.54. The molecule has 0 saturated heterocycles. The molecule has 6 heteroatoms. The molecule has 5 nitrogen and oxygen atoms in total. The summed E-state index contributed by atoms with van der Waals surface area (Å²) in [7, 11) is 0. The fourth-order valence-corrected chi connectivity index (χ4v) is 2.53. The van der Waals surface area contributed by atoms with E-state index in [1.807, 2.05) is 44.2 Å². The minimum atomic E-state index is -0.380. The number of benzene rings is 2. The second-order valence-electron chi connectivity index (χ2n) is 6.37. The molecule has 3 aromatic rings. The second kappa shape index (κ2) is 8.90. The molecule has 0 bridgehead atoms. The molecule has 0 aliphatic heterocycles. The monoisotopic (exact) mass is 376 g/mol. The molecule has 1 aromatic heterocycles. The number of nitrogens with zero attached hydrogens (tertiary/aromatic N) is 2. The van der Waals surface area contributed by atoms with Crippen LogP contribution in [0.4, 0.5) is 10.1 Å². The van der Waals surface area contributed by atoms with Gasteiger partial charge in [0.2, 0.25) is 5.96 Å². The zero-order valence-electron chi connectivity index (χ0n) is 15.7. The van der Waals surface area contributed by atoms with E-state index >= 15 is 0 Å². The molecule has 142 valence electrons. The molecule has 0 spiro atoms.